The molecule has 150 valence electrons. The van der Waals surface area contributed by atoms with Crippen LogP contribution in [0.2, 0.25) is 0 Å². The maximum Gasteiger partial charge on any atom is 0.225 e. The summed E-state index contributed by atoms with van der Waals surface area (Å²) in [7, 11) is 0. The van der Waals surface area contributed by atoms with Crippen molar-refractivity contribution in [2.45, 2.75) is 52.0 Å². The van der Waals surface area contributed by atoms with Crippen molar-refractivity contribution >= 4 is 11.8 Å². The summed E-state index contributed by atoms with van der Waals surface area (Å²) in [6.07, 6.45) is 5.17. The lowest BCUT2D eigenvalue weighted by Gasteiger charge is -2.33. The van der Waals surface area contributed by atoms with Gasteiger partial charge in [0.1, 0.15) is 0 Å². The van der Waals surface area contributed by atoms with Gasteiger partial charge in [-0.25, -0.2) is 4.98 Å². The highest BCUT2D eigenvalue weighted by molar-refractivity contribution is 5.78. The van der Waals surface area contributed by atoms with Crippen molar-refractivity contribution in [3.05, 3.63) is 42.4 Å². The van der Waals surface area contributed by atoms with E-state index in [1.165, 1.54) is 0 Å². The Morgan fingerprint density at radius 2 is 1.93 bits per heavy atom. The zero-order valence-electron chi connectivity index (χ0n) is 16.7. The quantitative estimate of drug-likeness (QED) is 0.795. The lowest BCUT2D eigenvalue weighted by atomic mass is 10.0. The molecule has 6 nitrogen and oxygen atoms in total. The molecule has 0 spiro atoms. The van der Waals surface area contributed by atoms with Crippen LogP contribution in [0.15, 0.2) is 40.9 Å². The number of oxazole rings is 1. The monoisotopic (exact) mass is 383 g/mol. The number of aryl methyl sites for hydroxylation is 1. The SMILES string of the molecule is CC(C)C(=O)N1CCC(NC(=O)CCCc2ncc(-c3ccccc3)o2)CC1. The molecule has 1 aliphatic heterocycles. The molecule has 1 aromatic heterocycles. The molecule has 0 saturated carbocycles. The summed E-state index contributed by atoms with van der Waals surface area (Å²) in [5, 5.41) is 3.10. The molecule has 0 bridgehead atoms. The molecular formula is C22H29N3O3. The molecule has 2 aromatic rings. The van der Waals surface area contributed by atoms with Crippen LogP contribution in [-0.2, 0) is 16.0 Å². The molecule has 1 N–H and O–H groups in total. The first-order valence-corrected chi connectivity index (χ1v) is 10.1. The number of carbonyl (C=O) groups excluding carboxylic acids is 2. The molecule has 0 aliphatic carbocycles. The summed E-state index contributed by atoms with van der Waals surface area (Å²) >= 11 is 0. The Hall–Kier alpha value is -2.63. The molecule has 0 atom stereocenters. The minimum Gasteiger partial charge on any atom is -0.441 e. The number of piperidine rings is 1. The summed E-state index contributed by atoms with van der Waals surface area (Å²) < 4.78 is 5.77. The third kappa shape index (κ3) is 5.44. The number of likely N-dealkylation sites (tertiary alicyclic amines) is 1. The lowest BCUT2D eigenvalue weighted by molar-refractivity contribution is -0.135. The highest BCUT2D eigenvalue weighted by atomic mass is 16.4. The Morgan fingerprint density at radius 1 is 1.21 bits per heavy atom. The van der Waals surface area contributed by atoms with Crippen LogP contribution in [0.25, 0.3) is 11.3 Å². The van der Waals surface area contributed by atoms with Crippen LogP contribution in [0, 0.1) is 5.92 Å². The van der Waals surface area contributed by atoms with Crippen molar-refractivity contribution in [1.29, 1.82) is 0 Å². The van der Waals surface area contributed by atoms with E-state index in [-0.39, 0.29) is 23.8 Å². The number of benzene rings is 1. The fourth-order valence-corrected chi connectivity index (χ4v) is 3.47. The predicted molar refractivity (Wildman–Crippen MR) is 107 cm³/mol. The Bertz CT molecular complexity index is 777. The molecule has 1 aliphatic rings. The average Bonchev–Trinajstić information content (AvgIpc) is 3.17. The van der Waals surface area contributed by atoms with Crippen LogP contribution >= 0.6 is 0 Å². The van der Waals surface area contributed by atoms with Gasteiger partial charge >= 0.3 is 0 Å². The molecule has 3 rings (SSSR count). The maximum absolute atomic E-state index is 12.2. The fraction of sp³-hybridized carbons (Fsp3) is 0.500. The van der Waals surface area contributed by atoms with Crippen LogP contribution in [0.5, 0.6) is 0 Å². The second kappa shape index (κ2) is 9.53. The number of carbonyl (C=O) groups is 2. The number of nitrogens with one attached hydrogen (secondary N) is 1. The van der Waals surface area contributed by atoms with E-state index >= 15 is 0 Å². The van der Waals surface area contributed by atoms with Gasteiger partial charge in [-0.3, -0.25) is 9.59 Å². The third-order valence-electron chi connectivity index (χ3n) is 5.07. The molecule has 0 unspecified atom stereocenters. The normalized spacial score (nSPS) is 15.0. The minimum atomic E-state index is 0.0313. The Balaban J connectivity index is 1.36. The highest BCUT2D eigenvalue weighted by Gasteiger charge is 2.24. The molecule has 1 saturated heterocycles. The summed E-state index contributed by atoms with van der Waals surface area (Å²) in [4.78, 5) is 30.4. The molecule has 6 heteroatoms. The number of rotatable bonds is 7. The smallest absolute Gasteiger partial charge is 0.225 e. The van der Waals surface area contributed by atoms with Gasteiger partial charge in [-0.1, -0.05) is 44.2 Å². The van der Waals surface area contributed by atoms with Crippen molar-refractivity contribution in [3.8, 4) is 11.3 Å². The second-order valence-corrected chi connectivity index (χ2v) is 7.66. The first-order chi connectivity index (χ1) is 13.5. The molecule has 1 aromatic carbocycles. The average molecular weight is 383 g/mol. The van der Waals surface area contributed by atoms with E-state index in [0.29, 0.717) is 25.2 Å². The number of hydrogen-bond donors (Lipinski definition) is 1. The molecule has 2 heterocycles. The van der Waals surface area contributed by atoms with Crippen molar-refractivity contribution in [2.24, 2.45) is 5.92 Å². The van der Waals surface area contributed by atoms with E-state index in [0.717, 1.165) is 37.3 Å². The van der Waals surface area contributed by atoms with Crippen LogP contribution in [0.1, 0.15) is 45.4 Å². The summed E-state index contributed by atoms with van der Waals surface area (Å²) in [6.45, 7) is 5.29. The van der Waals surface area contributed by atoms with Gasteiger partial charge in [0, 0.05) is 43.5 Å². The fourth-order valence-electron chi connectivity index (χ4n) is 3.47. The molecule has 1 fully saturated rings. The topological polar surface area (TPSA) is 75.4 Å². The number of nitrogens with zero attached hydrogens (tertiary/aromatic N) is 2. The standard InChI is InChI=1S/C22H29N3O3/c1-16(2)22(27)25-13-11-18(12-14-25)24-20(26)9-6-10-21-23-15-19(28-21)17-7-4-3-5-8-17/h3-5,7-8,15-16,18H,6,9-14H2,1-2H3,(H,24,26). The van der Waals surface area contributed by atoms with Crippen LogP contribution in [0.4, 0.5) is 0 Å². The van der Waals surface area contributed by atoms with Crippen LogP contribution in [-0.4, -0.2) is 40.8 Å². The van der Waals surface area contributed by atoms with Gasteiger partial charge in [0.25, 0.3) is 0 Å². The Labute approximate surface area is 166 Å². The maximum atomic E-state index is 12.2. The van der Waals surface area contributed by atoms with Gasteiger partial charge in [-0.05, 0) is 19.3 Å². The predicted octanol–water partition coefficient (Wildman–Crippen LogP) is 3.43. The van der Waals surface area contributed by atoms with Gasteiger partial charge in [0.15, 0.2) is 11.7 Å². The van der Waals surface area contributed by atoms with Crippen molar-refractivity contribution in [3.63, 3.8) is 0 Å². The largest absolute Gasteiger partial charge is 0.441 e. The zero-order chi connectivity index (χ0) is 19.9. The summed E-state index contributed by atoms with van der Waals surface area (Å²) in [6, 6.07) is 10.0. The second-order valence-electron chi connectivity index (χ2n) is 7.66. The van der Waals surface area contributed by atoms with E-state index in [1.54, 1.807) is 6.20 Å². The van der Waals surface area contributed by atoms with Gasteiger partial charge in [0.2, 0.25) is 11.8 Å². The van der Waals surface area contributed by atoms with E-state index in [2.05, 4.69) is 10.3 Å². The van der Waals surface area contributed by atoms with Gasteiger partial charge in [0.05, 0.1) is 6.20 Å². The molecular weight excluding hydrogens is 354 g/mol. The minimum absolute atomic E-state index is 0.0313. The Morgan fingerprint density at radius 3 is 2.61 bits per heavy atom. The van der Waals surface area contributed by atoms with E-state index < -0.39 is 0 Å². The van der Waals surface area contributed by atoms with Gasteiger partial charge in [-0.15, -0.1) is 0 Å². The number of aromatic nitrogens is 1. The molecule has 0 radical (unpaired) electrons. The first kappa shape index (κ1) is 20.1. The lowest BCUT2D eigenvalue weighted by Crippen LogP contribution is -2.47. The number of amides is 2. The Kier molecular flexibility index (Phi) is 6.85. The van der Waals surface area contributed by atoms with Crippen LogP contribution < -0.4 is 5.32 Å². The first-order valence-electron chi connectivity index (χ1n) is 10.1. The van der Waals surface area contributed by atoms with E-state index in [1.807, 2.05) is 49.1 Å². The third-order valence-corrected chi connectivity index (χ3v) is 5.07. The van der Waals surface area contributed by atoms with Gasteiger partial charge in [-0.2, -0.15) is 0 Å². The van der Waals surface area contributed by atoms with Crippen molar-refractivity contribution in [1.82, 2.24) is 15.2 Å². The highest BCUT2D eigenvalue weighted by Crippen LogP contribution is 2.20. The summed E-state index contributed by atoms with van der Waals surface area (Å²) in [5.74, 6) is 1.70. The van der Waals surface area contributed by atoms with Crippen molar-refractivity contribution in [2.75, 3.05) is 13.1 Å². The summed E-state index contributed by atoms with van der Waals surface area (Å²) in [5.41, 5.74) is 1.00. The van der Waals surface area contributed by atoms with E-state index in [4.69, 9.17) is 4.42 Å². The van der Waals surface area contributed by atoms with E-state index in [9.17, 15) is 9.59 Å². The van der Waals surface area contributed by atoms with Gasteiger partial charge < -0.3 is 14.6 Å². The molecule has 28 heavy (non-hydrogen) atoms. The number of hydrogen-bond acceptors (Lipinski definition) is 4. The van der Waals surface area contributed by atoms with Crippen molar-refractivity contribution < 1.29 is 14.0 Å². The van der Waals surface area contributed by atoms with Crippen LogP contribution in [0.3, 0.4) is 0 Å². The molecule has 2 amide bonds. The zero-order valence-corrected chi connectivity index (χ0v) is 16.7.